The molecule has 3 aliphatic heterocycles. The Morgan fingerprint density at radius 3 is 2.64 bits per heavy atom. The fourth-order valence-electron chi connectivity index (χ4n) is 6.50. The zero-order chi connectivity index (χ0) is 22.6. The SMILES string of the molecule is O=C(CCC[C@@H]1[C@H]2CCCN3CCC[C@@H](CN1C(=O)c1cccs1)[C@@H]23)NCc1ccccc1. The molecule has 6 heteroatoms. The van der Waals surface area contributed by atoms with Crippen LogP contribution in [0.4, 0.5) is 0 Å². The Balaban J connectivity index is 1.25. The van der Waals surface area contributed by atoms with Crippen molar-refractivity contribution in [1.29, 1.82) is 0 Å². The maximum atomic E-state index is 13.5. The summed E-state index contributed by atoms with van der Waals surface area (Å²) in [7, 11) is 0. The van der Waals surface area contributed by atoms with E-state index >= 15 is 0 Å². The van der Waals surface area contributed by atoms with Gasteiger partial charge in [-0.2, -0.15) is 0 Å². The standard InChI is InChI=1S/C27H35N3O2S/c31-25(28-18-20-8-2-1-3-9-20)14-4-12-23-22-11-6-16-29-15-5-10-21(26(22)29)19-30(23)27(32)24-13-7-17-33-24/h1-3,7-9,13,17,21-23,26H,4-6,10-12,14-16,18-19H2,(H,28,31)/t21-,22+,23+,26-/m0/s1. The number of carbonyl (C=O) groups excluding carboxylic acids is 2. The van der Waals surface area contributed by atoms with Crippen LogP contribution in [0.5, 0.6) is 0 Å². The van der Waals surface area contributed by atoms with Gasteiger partial charge in [-0.05, 0) is 80.5 Å². The molecule has 176 valence electrons. The minimum Gasteiger partial charge on any atom is -0.352 e. The van der Waals surface area contributed by atoms with E-state index in [4.69, 9.17) is 0 Å². The molecule has 3 aliphatic rings. The summed E-state index contributed by atoms with van der Waals surface area (Å²) in [5, 5.41) is 5.05. The highest BCUT2D eigenvalue weighted by molar-refractivity contribution is 7.12. The quantitative estimate of drug-likeness (QED) is 0.653. The second kappa shape index (κ2) is 10.4. The number of piperidine rings is 3. The summed E-state index contributed by atoms with van der Waals surface area (Å²) in [5.41, 5.74) is 1.12. The van der Waals surface area contributed by atoms with E-state index in [-0.39, 0.29) is 17.9 Å². The molecule has 2 aromatic rings. The zero-order valence-corrected chi connectivity index (χ0v) is 20.1. The number of likely N-dealkylation sites (tertiary alicyclic amines) is 1. The van der Waals surface area contributed by atoms with Crippen LogP contribution in [0.3, 0.4) is 0 Å². The third kappa shape index (κ3) is 5.02. The second-order valence-corrected chi connectivity index (χ2v) is 10.8. The zero-order valence-electron chi connectivity index (χ0n) is 19.3. The number of hydrogen-bond acceptors (Lipinski definition) is 4. The minimum absolute atomic E-state index is 0.103. The Kier molecular flexibility index (Phi) is 7.12. The van der Waals surface area contributed by atoms with Gasteiger partial charge in [-0.15, -0.1) is 11.3 Å². The van der Waals surface area contributed by atoms with Crippen molar-refractivity contribution >= 4 is 23.2 Å². The maximum absolute atomic E-state index is 13.5. The summed E-state index contributed by atoms with van der Waals surface area (Å²) in [4.78, 5) is 31.8. The Labute approximate surface area is 201 Å². The lowest BCUT2D eigenvalue weighted by atomic mass is 9.69. The molecule has 1 aromatic carbocycles. The van der Waals surface area contributed by atoms with Gasteiger partial charge < -0.3 is 10.2 Å². The van der Waals surface area contributed by atoms with Gasteiger partial charge in [-0.3, -0.25) is 14.5 Å². The van der Waals surface area contributed by atoms with E-state index < -0.39 is 0 Å². The van der Waals surface area contributed by atoms with Gasteiger partial charge >= 0.3 is 0 Å². The normalized spacial score (nSPS) is 27.1. The number of carbonyl (C=O) groups is 2. The van der Waals surface area contributed by atoms with Crippen LogP contribution in [0, 0.1) is 11.8 Å². The maximum Gasteiger partial charge on any atom is 0.264 e. The third-order valence-corrected chi connectivity index (χ3v) is 8.76. The van der Waals surface area contributed by atoms with E-state index in [1.54, 1.807) is 11.3 Å². The van der Waals surface area contributed by atoms with Crippen LogP contribution < -0.4 is 5.32 Å². The van der Waals surface area contributed by atoms with Crippen molar-refractivity contribution in [2.24, 2.45) is 11.8 Å². The number of benzene rings is 1. The van der Waals surface area contributed by atoms with Gasteiger partial charge in [0.15, 0.2) is 0 Å². The van der Waals surface area contributed by atoms with Gasteiger partial charge in [0.25, 0.3) is 5.91 Å². The Bertz CT molecular complexity index is 930. The van der Waals surface area contributed by atoms with Crippen LogP contribution in [0.2, 0.25) is 0 Å². The van der Waals surface area contributed by atoms with Crippen molar-refractivity contribution in [3.05, 3.63) is 58.3 Å². The number of rotatable bonds is 7. The third-order valence-electron chi connectivity index (χ3n) is 7.90. The molecule has 0 aliphatic carbocycles. The van der Waals surface area contributed by atoms with Crippen molar-refractivity contribution in [3.63, 3.8) is 0 Å². The van der Waals surface area contributed by atoms with Crippen molar-refractivity contribution < 1.29 is 9.59 Å². The highest BCUT2D eigenvalue weighted by Crippen LogP contribution is 2.43. The minimum atomic E-state index is 0.103. The first-order chi connectivity index (χ1) is 16.2. The molecule has 3 fully saturated rings. The fourth-order valence-corrected chi connectivity index (χ4v) is 7.18. The largest absolute Gasteiger partial charge is 0.352 e. The molecule has 1 aromatic heterocycles. The van der Waals surface area contributed by atoms with Gasteiger partial charge in [-0.25, -0.2) is 0 Å². The molecule has 5 nitrogen and oxygen atoms in total. The van der Waals surface area contributed by atoms with Crippen molar-refractivity contribution in [2.75, 3.05) is 19.6 Å². The molecule has 5 rings (SSSR count). The average molecular weight is 466 g/mol. The molecular formula is C27H35N3O2S. The van der Waals surface area contributed by atoms with Crippen molar-refractivity contribution in [2.45, 2.75) is 63.6 Å². The van der Waals surface area contributed by atoms with Gasteiger partial charge in [0.1, 0.15) is 0 Å². The molecule has 0 radical (unpaired) electrons. The number of thiophene rings is 1. The lowest BCUT2D eigenvalue weighted by Crippen LogP contribution is -2.65. The van der Waals surface area contributed by atoms with Crippen LogP contribution in [0.15, 0.2) is 47.8 Å². The molecule has 2 amide bonds. The molecule has 4 atom stereocenters. The monoisotopic (exact) mass is 465 g/mol. The second-order valence-electron chi connectivity index (χ2n) is 9.89. The fraction of sp³-hybridized carbons (Fsp3) is 0.556. The summed E-state index contributed by atoms with van der Waals surface area (Å²) < 4.78 is 0. The first-order valence-corrected chi connectivity index (χ1v) is 13.5. The van der Waals surface area contributed by atoms with Crippen molar-refractivity contribution in [3.8, 4) is 0 Å². The van der Waals surface area contributed by atoms with Gasteiger partial charge in [-0.1, -0.05) is 36.4 Å². The smallest absolute Gasteiger partial charge is 0.264 e. The molecule has 4 heterocycles. The molecule has 0 unspecified atom stereocenters. The molecule has 3 saturated heterocycles. The van der Waals surface area contributed by atoms with Crippen LogP contribution >= 0.6 is 11.3 Å². The first kappa shape index (κ1) is 22.6. The first-order valence-electron chi connectivity index (χ1n) is 12.6. The topological polar surface area (TPSA) is 52.7 Å². The van der Waals surface area contributed by atoms with E-state index in [0.717, 1.165) is 29.8 Å². The van der Waals surface area contributed by atoms with Crippen LogP contribution in [-0.2, 0) is 11.3 Å². The van der Waals surface area contributed by atoms with Gasteiger partial charge in [0, 0.05) is 31.6 Å². The molecule has 0 spiro atoms. The lowest BCUT2D eigenvalue weighted by Gasteiger charge is -2.57. The summed E-state index contributed by atoms with van der Waals surface area (Å²) in [6.07, 6.45) is 7.18. The van der Waals surface area contributed by atoms with Crippen molar-refractivity contribution in [1.82, 2.24) is 15.1 Å². The molecular weight excluding hydrogens is 430 g/mol. The molecule has 0 bridgehead atoms. The number of nitrogens with one attached hydrogen (secondary N) is 1. The number of amides is 2. The molecule has 0 saturated carbocycles. The van der Waals surface area contributed by atoms with E-state index in [9.17, 15) is 9.59 Å². The Morgan fingerprint density at radius 1 is 1.03 bits per heavy atom. The average Bonchev–Trinajstić information content (AvgIpc) is 3.39. The van der Waals surface area contributed by atoms with Crippen LogP contribution in [0.1, 0.15) is 60.2 Å². The summed E-state index contributed by atoms with van der Waals surface area (Å²) in [5.74, 6) is 1.43. The van der Waals surface area contributed by atoms with E-state index in [1.165, 1.54) is 38.8 Å². The van der Waals surface area contributed by atoms with Crippen LogP contribution in [0.25, 0.3) is 0 Å². The number of nitrogens with zero attached hydrogens (tertiary/aromatic N) is 2. The van der Waals surface area contributed by atoms with Crippen LogP contribution in [-0.4, -0.2) is 53.3 Å². The van der Waals surface area contributed by atoms with Gasteiger partial charge in [0.05, 0.1) is 4.88 Å². The Hall–Kier alpha value is -2.18. The molecule has 1 N–H and O–H groups in total. The highest BCUT2D eigenvalue weighted by Gasteiger charge is 2.49. The number of hydrogen-bond donors (Lipinski definition) is 1. The predicted molar refractivity (Wildman–Crippen MR) is 132 cm³/mol. The van der Waals surface area contributed by atoms with E-state index in [2.05, 4.69) is 15.1 Å². The summed E-state index contributed by atoms with van der Waals surface area (Å²) in [6, 6.07) is 14.8. The van der Waals surface area contributed by atoms with E-state index in [1.807, 2.05) is 47.8 Å². The molecule has 33 heavy (non-hydrogen) atoms. The lowest BCUT2D eigenvalue weighted by molar-refractivity contribution is -0.121. The van der Waals surface area contributed by atoms with E-state index in [0.29, 0.717) is 30.8 Å². The Morgan fingerprint density at radius 2 is 1.85 bits per heavy atom. The summed E-state index contributed by atoms with van der Waals surface area (Å²) >= 11 is 1.55. The highest BCUT2D eigenvalue weighted by atomic mass is 32.1. The predicted octanol–water partition coefficient (Wildman–Crippen LogP) is 4.55. The van der Waals surface area contributed by atoms with Gasteiger partial charge in [0.2, 0.25) is 5.91 Å². The summed E-state index contributed by atoms with van der Waals surface area (Å²) in [6.45, 7) is 3.88.